The molecule has 1 heterocycles. The molecule has 0 radical (unpaired) electrons. The van der Waals surface area contributed by atoms with Gasteiger partial charge in [0.15, 0.2) is 0 Å². The molecule has 0 aliphatic carbocycles. The Bertz CT molecular complexity index is 268. The Labute approximate surface area is 94.1 Å². The SMILES string of the molecule is Cl.N[C@H](/C=C/C(=O)O)C[C@@H]1CCNC1=O. The normalized spacial score (nSPS) is 22.2. The van der Waals surface area contributed by atoms with Crippen molar-refractivity contribution in [1.82, 2.24) is 5.32 Å². The summed E-state index contributed by atoms with van der Waals surface area (Å²) in [5, 5.41) is 11.1. The maximum Gasteiger partial charge on any atom is 0.328 e. The van der Waals surface area contributed by atoms with Gasteiger partial charge in [0.05, 0.1) is 0 Å². The fraction of sp³-hybridized carbons (Fsp3) is 0.556. The number of hydrogen-bond acceptors (Lipinski definition) is 3. The molecular formula is C9H15ClN2O3. The van der Waals surface area contributed by atoms with E-state index in [2.05, 4.69) is 5.32 Å². The summed E-state index contributed by atoms with van der Waals surface area (Å²) in [6.07, 6.45) is 3.72. The Morgan fingerprint density at radius 3 is 2.87 bits per heavy atom. The van der Waals surface area contributed by atoms with Crippen molar-refractivity contribution in [2.45, 2.75) is 18.9 Å². The second-order valence-electron chi connectivity index (χ2n) is 3.37. The van der Waals surface area contributed by atoms with E-state index in [9.17, 15) is 9.59 Å². The van der Waals surface area contributed by atoms with Crippen molar-refractivity contribution in [2.24, 2.45) is 11.7 Å². The lowest BCUT2D eigenvalue weighted by atomic mass is 9.99. The maximum absolute atomic E-state index is 11.1. The minimum atomic E-state index is -1.02. The van der Waals surface area contributed by atoms with Crippen LogP contribution in [0, 0.1) is 5.92 Å². The number of nitrogens with two attached hydrogens (primary N) is 1. The molecule has 15 heavy (non-hydrogen) atoms. The van der Waals surface area contributed by atoms with Crippen LogP contribution in [0.3, 0.4) is 0 Å². The molecule has 5 nitrogen and oxygen atoms in total. The summed E-state index contributed by atoms with van der Waals surface area (Å²) in [6, 6.07) is -0.361. The quantitative estimate of drug-likeness (QED) is 0.593. The number of rotatable bonds is 4. The van der Waals surface area contributed by atoms with E-state index in [-0.39, 0.29) is 30.3 Å². The van der Waals surface area contributed by atoms with Gasteiger partial charge in [-0.15, -0.1) is 12.4 Å². The van der Waals surface area contributed by atoms with Gasteiger partial charge in [-0.25, -0.2) is 4.79 Å². The first-order valence-electron chi connectivity index (χ1n) is 4.54. The summed E-state index contributed by atoms with van der Waals surface area (Å²) in [5.41, 5.74) is 5.63. The van der Waals surface area contributed by atoms with Gasteiger partial charge in [-0.05, 0) is 12.8 Å². The van der Waals surface area contributed by atoms with Crippen molar-refractivity contribution >= 4 is 24.3 Å². The van der Waals surface area contributed by atoms with Crippen LogP contribution in [0.4, 0.5) is 0 Å². The van der Waals surface area contributed by atoms with Crippen molar-refractivity contribution in [3.8, 4) is 0 Å². The van der Waals surface area contributed by atoms with Crippen molar-refractivity contribution < 1.29 is 14.7 Å². The Kier molecular flexibility index (Phi) is 5.96. The number of nitrogens with one attached hydrogen (secondary N) is 1. The summed E-state index contributed by atoms with van der Waals surface area (Å²) in [4.78, 5) is 21.3. The zero-order chi connectivity index (χ0) is 10.6. The number of carbonyl (C=O) groups excluding carboxylic acids is 1. The molecule has 1 rings (SSSR count). The van der Waals surface area contributed by atoms with Crippen LogP contribution in [0.25, 0.3) is 0 Å². The number of aliphatic carboxylic acids is 1. The van der Waals surface area contributed by atoms with E-state index in [1.54, 1.807) is 0 Å². The van der Waals surface area contributed by atoms with Gasteiger partial charge in [0.2, 0.25) is 5.91 Å². The molecule has 0 aromatic heterocycles. The van der Waals surface area contributed by atoms with E-state index in [0.29, 0.717) is 13.0 Å². The first kappa shape index (κ1) is 13.9. The largest absolute Gasteiger partial charge is 0.478 e. The fourth-order valence-corrected chi connectivity index (χ4v) is 1.48. The van der Waals surface area contributed by atoms with E-state index in [0.717, 1.165) is 12.5 Å². The molecule has 86 valence electrons. The molecule has 0 spiro atoms. The molecule has 0 aromatic carbocycles. The van der Waals surface area contributed by atoms with Crippen LogP contribution in [0.1, 0.15) is 12.8 Å². The first-order chi connectivity index (χ1) is 6.59. The number of carboxylic acid groups (broad SMARTS) is 1. The summed E-state index contributed by atoms with van der Waals surface area (Å²) in [5.74, 6) is -1.07. The third-order valence-corrected chi connectivity index (χ3v) is 2.21. The molecule has 1 amide bonds. The smallest absolute Gasteiger partial charge is 0.328 e. The summed E-state index contributed by atoms with van der Waals surface area (Å²) in [6.45, 7) is 0.693. The predicted octanol–water partition coefficient (Wildman–Crippen LogP) is -0.0975. The zero-order valence-corrected chi connectivity index (χ0v) is 9.00. The van der Waals surface area contributed by atoms with Crippen LogP contribution in [0.15, 0.2) is 12.2 Å². The highest BCUT2D eigenvalue weighted by molar-refractivity contribution is 5.85. The third kappa shape index (κ3) is 4.80. The minimum Gasteiger partial charge on any atom is -0.478 e. The fourth-order valence-electron chi connectivity index (χ4n) is 1.48. The van der Waals surface area contributed by atoms with Crippen LogP contribution in [0.2, 0.25) is 0 Å². The molecule has 0 saturated carbocycles. The van der Waals surface area contributed by atoms with E-state index < -0.39 is 5.97 Å². The average molecular weight is 235 g/mol. The molecule has 0 aromatic rings. The second-order valence-corrected chi connectivity index (χ2v) is 3.37. The highest BCUT2D eigenvalue weighted by Crippen LogP contribution is 2.15. The number of hydrogen-bond donors (Lipinski definition) is 3. The third-order valence-electron chi connectivity index (χ3n) is 2.21. The van der Waals surface area contributed by atoms with Crippen molar-refractivity contribution in [2.75, 3.05) is 6.54 Å². The van der Waals surface area contributed by atoms with Crippen molar-refractivity contribution in [3.63, 3.8) is 0 Å². The van der Waals surface area contributed by atoms with Gasteiger partial charge in [0, 0.05) is 24.6 Å². The molecule has 1 aliphatic rings. The number of amides is 1. The van der Waals surface area contributed by atoms with E-state index in [1.165, 1.54) is 6.08 Å². The maximum atomic E-state index is 11.1. The summed E-state index contributed by atoms with van der Waals surface area (Å²) in [7, 11) is 0. The Balaban J connectivity index is 0.00000196. The first-order valence-corrected chi connectivity index (χ1v) is 4.54. The Morgan fingerprint density at radius 1 is 1.73 bits per heavy atom. The van der Waals surface area contributed by atoms with Gasteiger partial charge in [0.1, 0.15) is 0 Å². The van der Waals surface area contributed by atoms with Crippen LogP contribution in [-0.2, 0) is 9.59 Å². The van der Waals surface area contributed by atoms with Gasteiger partial charge in [0.25, 0.3) is 0 Å². The van der Waals surface area contributed by atoms with Gasteiger partial charge in [-0.2, -0.15) is 0 Å². The molecular weight excluding hydrogens is 220 g/mol. The van der Waals surface area contributed by atoms with Gasteiger partial charge >= 0.3 is 5.97 Å². The highest BCUT2D eigenvalue weighted by atomic mass is 35.5. The standard InChI is InChI=1S/C9H14N2O3.ClH/c10-7(1-2-8(12)13)5-6-3-4-11-9(6)14;/h1-2,6-7H,3-5,10H2,(H,11,14)(H,12,13);1H/b2-1+;/t6-,7+;/m0./s1. The Hall–Kier alpha value is -1.07. The average Bonchev–Trinajstić information content (AvgIpc) is 2.49. The highest BCUT2D eigenvalue weighted by Gasteiger charge is 2.25. The van der Waals surface area contributed by atoms with Gasteiger partial charge in [-0.1, -0.05) is 6.08 Å². The summed E-state index contributed by atoms with van der Waals surface area (Å²) >= 11 is 0. The van der Waals surface area contributed by atoms with Gasteiger partial charge < -0.3 is 16.2 Å². The lowest BCUT2D eigenvalue weighted by Gasteiger charge is -2.09. The number of carboxylic acids is 1. The second kappa shape index (κ2) is 6.42. The molecule has 6 heteroatoms. The molecule has 1 fully saturated rings. The minimum absolute atomic E-state index is 0. The topological polar surface area (TPSA) is 92.4 Å². The van der Waals surface area contributed by atoms with E-state index >= 15 is 0 Å². The van der Waals surface area contributed by atoms with Crippen molar-refractivity contribution in [1.29, 1.82) is 0 Å². The zero-order valence-electron chi connectivity index (χ0n) is 8.18. The molecule has 0 bridgehead atoms. The lowest BCUT2D eigenvalue weighted by molar-refractivity contribution is -0.131. The van der Waals surface area contributed by atoms with Crippen LogP contribution >= 0.6 is 12.4 Å². The van der Waals surface area contributed by atoms with Gasteiger partial charge in [-0.3, -0.25) is 4.79 Å². The van der Waals surface area contributed by atoms with E-state index in [4.69, 9.17) is 10.8 Å². The van der Waals surface area contributed by atoms with Crippen LogP contribution in [-0.4, -0.2) is 29.6 Å². The molecule has 1 saturated heterocycles. The molecule has 1 aliphatic heterocycles. The van der Waals surface area contributed by atoms with Crippen LogP contribution < -0.4 is 11.1 Å². The number of halogens is 1. The van der Waals surface area contributed by atoms with E-state index in [1.807, 2.05) is 0 Å². The molecule has 2 atom stereocenters. The lowest BCUT2D eigenvalue weighted by Crippen LogP contribution is -2.26. The van der Waals surface area contributed by atoms with Crippen molar-refractivity contribution in [3.05, 3.63) is 12.2 Å². The summed E-state index contributed by atoms with van der Waals surface area (Å²) < 4.78 is 0. The monoisotopic (exact) mass is 234 g/mol. The Morgan fingerprint density at radius 2 is 2.40 bits per heavy atom. The predicted molar refractivity (Wildman–Crippen MR) is 57.7 cm³/mol. The molecule has 4 N–H and O–H groups in total. The van der Waals surface area contributed by atoms with Crippen LogP contribution in [0.5, 0.6) is 0 Å². The number of carbonyl (C=O) groups is 2. The molecule has 0 unspecified atom stereocenters.